The van der Waals surface area contributed by atoms with Crippen LogP contribution >= 0.6 is 11.6 Å². The molecule has 0 aliphatic rings. The van der Waals surface area contributed by atoms with Gasteiger partial charge in [0.25, 0.3) is 5.91 Å². The summed E-state index contributed by atoms with van der Waals surface area (Å²) < 4.78 is 13.1. The van der Waals surface area contributed by atoms with E-state index in [9.17, 15) is 9.18 Å². The first-order chi connectivity index (χ1) is 10.1. The number of hydrogen-bond donors (Lipinski definition) is 2. The van der Waals surface area contributed by atoms with Crippen molar-refractivity contribution in [2.75, 3.05) is 11.9 Å². The van der Waals surface area contributed by atoms with E-state index >= 15 is 0 Å². The summed E-state index contributed by atoms with van der Waals surface area (Å²) in [6.45, 7) is 3.52. The zero-order chi connectivity index (χ0) is 15.2. The summed E-state index contributed by atoms with van der Waals surface area (Å²) in [5.41, 5.74) is 2.03. The highest BCUT2D eigenvalue weighted by Crippen LogP contribution is 2.19. The predicted octanol–water partition coefficient (Wildman–Crippen LogP) is 3.84. The Bertz CT molecular complexity index is 646. The zero-order valence-corrected chi connectivity index (χ0v) is 12.4. The summed E-state index contributed by atoms with van der Waals surface area (Å²) in [7, 11) is 0. The molecule has 0 aliphatic heterocycles. The number of halogens is 2. The molecule has 0 aliphatic carbocycles. The van der Waals surface area contributed by atoms with E-state index in [1.807, 2.05) is 31.2 Å². The van der Waals surface area contributed by atoms with E-state index in [1.165, 1.54) is 18.2 Å². The Hall–Kier alpha value is -1.91. The van der Waals surface area contributed by atoms with E-state index in [-0.39, 0.29) is 10.9 Å². The van der Waals surface area contributed by atoms with Gasteiger partial charge in [-0.2, -0.15) is 0 Å². The van der Waals surface area contributed by atoms with Gasteiger partial charge >= 0.3 is 0 Å². The summed E-state index contributed by atoms with van der Waals surface area (Å²) in [4.78, 5) is 12.2. The van der Waals surface area contributed by atoms with E-state index in [0.29, 0.717) is 12.1 Å². The fraction of sp³-hybridized carbons (Fsp3) is 0.188. The van der Waals surface area contributed by atoms with E-state index in [4.69, 9.17) is 11.6 Å². The van der Waals surface area contributed by atoms with Crippen molar-refractivity contribution in [3.63, 3.8) is 0 Å². The SMILES string of the molecule is CCNCc1ccccc1NC(=O)c1ccc(F)c(Cl)c1. The number of rotatable bonds is 5. The fourth-order valence-electron chi connectivity index (χ4n) is 1.89. The van der Waals surface area contributed by atoms with Crippen molar-refractivity contribution < 1.29 is 9.18 Å². The average molecular weight is 307 g/mol. The van der Waals surface area contributed by atoms with Crippen LogP contribution in [0.5, 0.6) is 0 Å². The van der Waals surface area contributed by atoms with E-state index in [2.05, 4.69) is 10.6 Å². The van der Waals surface area contributed by atoms with Crippen LogP contribution in [0.3, 0.4) is 0 Å². The molecule has 1 amide bonds. The normalized spacial score (nSPS) is 10.4. The Balaban J connectivity index is 2.17. The average Bonchev–Trinajstić information content (AvgIpc) is 2.49. The summed E-state index contributed by atoms with van der Waals surface area (Å²) in [5, 5.41) is 5.97. The molecule has 110 valence electrons. The minimum absolute atomic E-state index is 0.0661. The highest BCUT2D eigenvalue weighted by atomic mass is 35.5. The second-order valence-corrected chi connectivity index (χ2v) is 4.93. The van der Waals surface area contributed by atoms with Crippen LogP contribution in [-0.4, -0.2) is 12.5 Å². The van der Waals surface area contributed by atoms with Crippen molar-refractivity contribution in [3.05, 3.63) is 64.4 Å². The molecule has 2 N–H and O–H groups in total. The van der Waals surface area contributed by atoms with Crippen LogP contribution in [0.25, 0.3) is 0 Å². The number of amides is 1. The second kappa shape index (κ2) is 7.20. The van der Waals surface area contributed by atoms with Crippen molar-refractivity contribution in [2.45, 2.75) is 13.5 Å². The molecule has 0 saturated carbocycles. The smallest absolute Gasteiger partial charge is 0.255 e. The summed E-state index contributed by atoms with van der Waals surface area (Å²) in [6, 6.07) is 11.4. The molecule has 21 heavy (non-hydrogen) atoms. The molecule has 2 aromatic rings. The number of anilines is 1. The van der Waals surface area contributed by atoms with E-state index in [1.54, 1.807) is 0 Å². The van der Waals surface area contributed by atoms with Crippen molar-refractivity contribution >= 4 is 23.2 Å². The van der Waals surface area contributed by atoms with Crippen molar-refractivity contribution in [1.29, 1.82) is 0 Å². The van der Waals surface area contributed by atoms with Crippen molar-refractivity contribution in [2.24, 2.45) is 0 Å². The highest BCUT2D eigenvalue weighted by Gasteiger charge is 2.10. The van der Waals surface area contributed by atoms with Crippen LogP contribution in [0.1, 0.15) is 22.8 Å². The Labute approximate surface area is 128 Å². The maximum atomic E-state index is 13.1. The van der Waals surface area contributed by atoms with Crippen LogP contribution in [0, 0.1) is 5.82 Å². The van der Waals surface area contributed by atoms with Gasteiger partial charge in [-0.05, 0) is 36.4 Å². The van der Waals surface area contributed by atoms with Gasteiger partial charge in [-0.15, -0.1) is 0 Å². The number of nitrogens with one attached hydrogen (secondary N) is 2. The molecule has 0 heterocycles. The molecule has 0 bridgehead atoms. The lowest BCUT2D eigenvalue weighted by atomic mass is 10.1. The molecular formula is C16H16ClFN2O. The number of carbonyl (C=O) groups is 1. The lowest BCUT2D eigenvalue weighted by molar-refractivity contribution is 0.102. The maximum absolute atomic E-state index is 13.1. The standard InChI is InChI=1S/C16H16ClFN2O/c1-2-19-10-12-5-3-4-6-15(12)20-16(21)11-7-8-14(18)13(17)9-11/h3-9,19H,2,10H2,1H3,(H,20,21). The lowest BCUT2D eigenvalue weighted by Gasteiger charge is -2.11. The van der Waals surface area contributed by atoms with Crippen LogP contribution in [0.2, 0.25) is 5.02 Å². The zero-order valence-electron chi connectivity index (χ0n) is 11.6. The minimum atomic E-state index is -0.541. The number of carbonyl (C=O) groups excluding carboxylic acids is 1. The fourth-order valence-corrected chi connectivity index (χ4v) is 2.07. The first kappa shape index (κ1) is 15.5. The van der Waals surface area contributed by atoms with Gasteiger partial charge in [-0.3, -0.25) is 4.79 Å². The molecule has 2 aromatic carbocycles. The number of benzene rings is 2. The summed E-state index contributed by atoms with van der Waals surface area (Å²) in [5.74, 6) is -0.860. The Morgan fingerprint density at radius 3 is 2.71 bits per heavy atom. The predicted molar refractivity (Wildman–Crippen MR) is 83.2 cm³/mol. The van der Waals surface area contributed by atoms with Crippen LogP contribution in [-0.2, 0) is 6.54 Å². The third kappa shape index (κ3) is 4.03. The van der Waals surface area contributed by atoms with E-state index < -0.39 is 5.82 Å². The minimum Gasteiger partial charge on any atom is -0.322 e. The first-order valence-electron chi connectivity index (χ1n) is 6.67. The topological polar surface area (TPSA) is 41.1 Å². The highest BCUT2D eigenvalue weighted by molar-refractivity contribution is 6.31. The number of para-hydroxylation sites is 1. The lowest BCUT2D eigenvalue weighted by Crippen LogP contribution is -2.17. The van der Waals surface area contributed by atoms with Gasteiger partial charge in [-0.1, -0.05) is 36.7 Å². The van der Waals surface area contributed by atoms with Gasteiger partial charge in [0.05, 0.1) is 5.02 Å². The van der Waals surface area contributed by atoms with Gasteiger partial charge in [0, 0.05) is 17.8 Å². The Morgan fingerprint density at radius 1 is 1.24 bits per heavy atom. The largest absolute Gasteiger partial charge is 0.322 e. The molecule has 0 radical (unpaired) electrons. The van der Waals surface area contributed by atoms with Gasteiger partial charge in [0.15, 0.2) is 0 Å². The molecule has 3 nitrogen and oxygen atoms in total. The van der Waals surface area contributed by atoms with Crippen LogP contribution in [0.15, 0.2) is 42.5 Å². The van der Waals surface area contributed by atoms with Crippen molar-refractivity contribution in [1.82, 2.24) is 5.32 Å². The molecule has 0 unspecified atom stereocenters. The molecule has 0 saturated heterocycles. The Kier molecular flexibility index (Phi) is 5.31. The molecule has 2 rings (SSSR count). The van der Waals surface area contributed by atoms with Crippen LogP contribution < -0.4 is 10.6 Å². The molecule has 0 fully saturated rings. The van der Waals surface area contributed by atoms with Gasteiger partial charge in [0.1, 0.15) is 5.82 Å². The molecule has 0 atom stereocenters. The monoisotopic (exact) mass is 306 g/mol. The molecule has 5 heteroatoms. The third-order valence-corrected chi connectivity index (χ3v) is 3.30. The molecular weight excluding hydrogens is 291 g/mol. The summed E-state index contributed by atoms with van der Waals surface area (Å²) in [6.07, 6.45) is 0. The third-order valence-electron chi connectivity index (χ3n) is 3.01. The van der Waals surface area contributed by atoms with Crippen LogP contribution in [0.4, 0.5) is 10.1 Å². The molecule has 0 spiro atoms. The maximum Gasteiger partial charge on any atom is 0.255 e. The Morgan fingerprint density at radius 2 is 2.00 bits per heavy atom. The molecule has 0 aromatic heterocycles. The van der Waals surface area contributed by atoms with E-state index in [0.717, 1.165) is 17.8 Å². The second-order valence-electron chi connectivity index (χ2n) is 4.52. The summed E-state index contributed by atoms with van der Waals surface area (Å²) >= 11 is 5.70. The van der Waals surface area contributed by atoms with Gasteiger partial charge < -0.3 is 10.6 Å². The number of hydrogen-bond acceptors (Lipinski definition) is 2. The van der Waals surface area contributed by atoms with Gasteiger partial charge in [0.2, 0.25) is 0 Å². The van der Waals surface area contributed by atoms with Crippen molar-refractivity contribution in [3.8, 4) is 0 Å². The first-order valence-corrected chi connectivity index (χ1v) is 7.04. The quantitative estimate of drug-likeness (QED) is 0.881. The van der Waals surface area contributed by atoms with Gasteiger partial charge in [-0.25, -0.2) is 4.39 Å².